The van der Waals surface area contributed by atoms with Gasteiger partial charge in [0.2, 0.25) is 0 Å². The summed E-state index contributed by atoms with van der Waals surface area (Å²) < 4.78 is 0. The van der Waals surface area contributed by atoms with Crippen LogP contribution in [-0.2, 0) is 11.2 Å². The molecular weight excluding hydrogens is 260 g/mol. The third-order valence-electron chi connectivity index (χ3n) is 2.88. The molecule has 5 heteroatoms. The zero-order valence-electron chi connectivity index (χ0n) is 10.9. The first kappa shape index (κ1) is 13.5. The number of anilines is 1. The van der Waals surface area contributed by atoms with E-state index in [1.54, 1.807) is 0 Å². The van der Waals surface area contributed by atoms with Crippen molar-refractivity contribution in [2.24, 2.45) is 0 Å². The number of carbonyl (C=O) groups is 1. The Morgan fingerprint density at radius 2 is 2.00 bits per heavy atom. The Morgan fingerprint density at radius 1 is 1.37 bits per heavy atom. The lowest BCUT2D eigenvalue weighted by Gasteiger charge is -2.06. The largest absolute Gasteiger partial charge is 0.481 e. The number of hydrogen-bond acceptors (Lipinski definition) is 4. The third-order valence-corrected chi connectivity index (χ3v) is 3.76. The van der Waals surface area contributed by atoms with Gasteiger partial charge in [-0.2, -0.15) is 0 Å². The van der Waals surface area contributed by atoms with Crippen molar-refractivity contribution in [3.8, 4) is 11.3 Å². The number of nitrogen functional groups attached to an aromatic ring is 1. The third kappa shape index (κ3) is 3.12. The van der Waals surface area contributed by atoms with Crippen LogP contribution in [0.15, 0.2) is 24.3 Å². The second-order valence-electron chi connectivity index (χ2n) is 4.67. The molecule has 0 unspecified atom stereocenters. The zero-order chi connectivity index (χ0) is 14.0. The van der Waals surface area contributed by atoms with Gasteiger partial charge in [-0.05, 0) is 11.5 Å². The van der Waals surface area contributed by atoms with E-state index in [1.807, 2.05) is 24.3 Å². The summed E-state index contributed by atoms with van der Waals surface area (Å²) in [5.41, 5.74) is 8.52. The Morgan fingerprint density at radius 3 is 2.53 bits per heavy atom. The van der Waals surface area contributed by atoms with Crippen LogP contribution in [0.4, 0.5) is 5.13 Å². The van der Waals surface area contributed by atoms with Crippen molar-refractivity contribution in [1.29, 1.82) is 0 Å². The number of carboxylic acids is 1. The summed E-state index contributed by atoms with van der Waals surface area (Å²) in [5.74, 6) is -0.406. The molecule has 0 spiro atoms. The summed E-state index contributed by atoms with van der Waals surface area (Å²) in [6.45, 7) is 4.26. The van der Waals surface area contributed by atoms with Crippen LogP contribution in [-0.4, -0.2) is 16.1 Å². The van der Waals surface area contributed by atoms with E-state index in [4.69, 9.17) is 10.8 Å². The Balaban J connectivity index is 2.38. The van der Waals surface area contributed by atoms with Gasteiger partial charge in [-0.1, -0.05) is 38.1 Å². The topological polar surface area (TPSA) is 76.2 Å². The molecule has 4 nitrogen and oxygen atoms in total. The molecule has 19 heavy (non-hydrogen) atoms. The molecule has 2 rings (SSSR count). The highest BCUT2D eigenvalue weighted by molar-refractivity contribution is 7.15. The number of aromatic nitrogens is 1. The van der Waals surface area contributed by atoms with Gasteiger partial charge in [-0.15, -0.1) is 11.3 Å². The van der Waals surface area contributed by atoms with E-state index in [9.17, 15) is 4.79 Å². The standard InChI is InChI=1S/C14H16N2O2S/c1-8(2)9-3-5-10(6-4-9)13-11(7-12(17)18)19-14(15)16-13/h3-6,8H,7H2,1-2H3,(H2,15,16)(H,17,18). The van der Waals surface area contributed by atoms with Crippen molar-refractivity contribution in [2.75, 3.05) is 5.73 Å². The molecule has 2 aromatic rings. The van der Waals surface area contributed by atoms with Crippen LogP contribution in [0.2, 0.25) is 0 Å². The number of nitrogens with zero attached hydrogens (tertiary/aromatic N) is 1. The predicted molar refractivity (Wildman–Crippen MR) is 77.4 cm³/mol. The van der Waals surface area contributed by atoms with Crippen LogP contribution in [0.1, 0.15) is 30.2 Å². The smallest absolute Gasteiger partial charge is 0.308 e. The monoisotopic (exact) mass is 276 g/mol. The number of carboxylic acid groups (broad SMARTS) is 1. The zero-order valence-corrected chi connectivity index (χ0v) is 11.7. The number of thiazole rings is 1. The van der Waals surface area contributed by atoms with Gasteiger partial charge in [0, 0.05) is 10.4 Å². The molecule has 0 radical (unpaired) electrons. The number of benzene rings is 1. The fourth-order valence-corrected chi connectivity index (χ4v) is 2.72. The van der Waals surface area contributed by atoms with Crippen molar-refractivity contribution in [1.82, 2.24) is 4.98 Å². The first-order chi connectivity index (χ1) is 8.97. The summed E-state index contributed by atoms with van der Waals surface area (Å²) in [4.78, 5) is 15.8. The van der Waals surface area contributed by atoms with Gasteiger partial charge in [0.05, 0.1) is 12.1 Å². The SMILES string of the molecule is CC(C)c1ccc(-c2nc(N)sc2CC(=O)O)cc1. The molecule has 0 fully saturated rings. The molecule has 1 aromatic heterocycles. The molecule has 0 amide bonds. The summed E-state index contributed by atoms with van der Waals surface area (Å²) in [7, 11) is 0. The number of nitrogens with two attached hydrogens (primary N) is 1. The normalized spacial score (nSPS) is 10.9. The van der Waals surface area contributed by atoms with Gasteiger partial charge in [0.25, 0.3) is 0 Å². The Hall–Kier alpha value is -1.88. The highest BCUT2D eigenvalue weighted by Gasteiger charge is 2.14. The van der Waals surface area contributed by atoms with Gasteiger partial charge in [0.1, 0.15) is 0 Å². The van der Waals surface area contributed by atoms with Crippen LogP contribution in [0, 0.1) is 0 Å². The molecular formula is C14H16N2O2S. The predicted octanol–water partition coefficient (Wildman–Crippen LogP) is 3.14. The summed E-state index contributed by atoms with van der Waals surface area (Å²) >= 11 is 1.23. The maximum atomic E-state index is 10.8. The highest BCUT2D eigenvalue weighted by Crippen LogP contribution is 2.31. The summed E-state index contributed by atoms with van der Waals surface area (Å²) in [6.07, 6.45) is -0.0455. The van der Waals surface area contributed by atoms with Crippen molar-refractivity contribution < 1.29 is 9.90 Å². The van der Waals surface area contributed by atoms with E-state index < -0.39 is 5.97 Å². The fourth-order valence-electron chi connectivity index (χ4n) is 1.88. The Labute approximate surface area is 115 Å². The van der Waals surface area contributed by atoms with E-state index >= 15 is 0 Å². The Kier molecular flexibility index (Phi) is 3.85. The van der Waals surface area contributed by atoms with Crippen LogP contribution < -0.4 is 5.73 Å². The maximum Gasteiger partial charge on any atom is 0.308 e. The minimum Gasteiger partial charge on any atom is -0.481 e. The van der Waals surface area contributed by atoms with E-state index in [2.05, 4.69) is 18.8 Å². The Bertz CT molecular complexity index is 588. The van der Waals surface area contributed by atoms with Crippen LogP contribution in [0.25, 0.3) is 11.3 Å². The molecule has 0 aliphatic rings. The van der Waals surface area contributed by atoms with E-state index in [0.29, 0.717) is 21.6 Å². The second kappa shape index (κ2) is 5.40. The summed E-state index contributed by atoms with van der Waals surface area (Å²) in [5, 5.41) is 9.30. The summed E-state index contributed by atoms with van der Waals surface area (Å²) in [6, 6.07) is 8.02. The quantitative estimate of drug-likeness (QED) is 0.899. The maximum absolute atomic E-state index is 10.8. The van der Waals surface area contributed by atoms with Crippen molar-refractivity contribution >= 4 is 22.4 Å². The fraction of sp³-hybridized carbons (Fsp3) is 0.286. The minimum absolute atomic E-state index is 0.0455. The number of hydrogen-bond donors (Lipinski definition) is 2. The van der Waals surface area contributed by atoms with E-state index in [-0.39, 0.29) is 6.42 Å². The van der Waals surface area contributed by atoms with Crippen LogP contribution >= 0.6 is 11.3 Å². The molecule has 1 aromatic carbocycles. The van der Waals surface area contributed by atoms with Crippen LogP contribution in [0.5, 0.6) is 0 Å². The van der Waals surface area contributed by atoms with Crippen molar-refractivity contribution in [2.45, 2.75) is 26.2 Å². The average molecular weight is 276 g/mol. The van der Waals surface area contributed by atoms with E-state index in [0.717, 1.165) is 5.56 Å². The van der Waals surface area contributed by atoms with Gasteiger partial charge in [-0.3, -0.25) is 4.79 Å². The van der Waals surface area contributed by atoms with Gasteiger partial charge >= 0.3 is 5.97 Å². The van der Waals surface area contributed by atoms with Crippen molar-refractivity contribution in [3.05, 3.63) is 34.7 Å². The first-order valence-corrected chi connectivity index (χ1v) is 6.86. The molecule has 0 atom stereocenters. The first-order valence-electron chi connectivity index (χ1n) is 6.04. The molecule has 0 aliphatic heterocycles. The molecule has 0 saturated heterocycles. The lowest BCUT2D eigenvalue weighted by molar-refractivity contribution is -0.136. The van der Waals surface area contributed by atoms with Gasteiger partial charge in [-0.25, -0.2) is 4.98 Å². The molecule has 1 heterocycles. The molecule has 0 aliphatic carbocycles. The molecule has 0 bridgehead atoms. The molecule has 0 saturated carbocycles. The van der Waals surface area contributed by atoms with Gasteiger partial charge in [0.15, 0.2) is 5.13 Å². The lowest BCUT2D eigenvalue weighted by Crippen LogP contribution is -1.99. The van der Waals surface area contributed by atoms with Gasteiger partial charge < -0.3 is 10.8 Å². The minimum atomic E-state index is -0.872. The number of aliphatic carboxylic acids is 1. The second-order valence-corrected chi connectivity index (χ2v) is 5.79. The van der Waals surface area contributed by atoms with Crippen LogP contribution in [0.3, 0.4) is 0 Å². The average Bonchev–Trinajstić information content (AvgIpc) is 2.69. The lowest BCUT2D eigenvalue weighted by atomic mass is 10.0. The van der Waals surface area contributed by atoms with E-state index in [1.165, 1.54) is 16.9 Å². The molecule has 3 N–H and O–H groups in total. The molecule has 100 valence electrons. The number of rotatable bonds is 4. The van der Waals surface area contributed by atoms with Crippen molar-refractivity contribution in [3.63, 3.8) is 0 Å². The highest BCUT2D eigenvalue weighted by atomic mass is 32.1.